The van der Waals surface area contributed by atoms with Crippen LogP contribution in [0.2, 0.25) is 0 Å². The van der Waals surface area contributed by atoms with E-state index in [0.29, 0.717) is 5.25 Å². The second kappa shape index (κ2) is 7.85. The minimum absolute atomic E-state index is 0.450. The summed E-state index contributed by atoms with van der Waals surface area (Å²) >= 11 is 4.38. The van der Waals surface area contributed by atoms with Crippen molar-refractivity contribution in [2.75, 3.05) is 0 Å². The Morgan fingerprint density at radius 2 is 2.10 bits per heavy atom. The standard InChI is InChI=1S/C17H20N2S/c1-15(20)7-5-6-10-17-14-19(12-11-18-17)13-16-8-3-2-4-9-16/h2-4,6,8-12,14-15H,5,7,13H2,1H3/p+1. The second-order valence-corrected chi connectivity index (χ2v) is 5.85. The highest BCUT2D eigenvalue weighted by atomic mass is 32.1. The molecule has 20 heavy (non-hydrogen) atoms. The molecule has 2 aromatic rings. The van der Waals surface area contributed by atoms with Crippen LogP contribution < -0.4 is 4.57 Å². The van der Waals surface area contributed by atoms with Crippen LogP contribution in [0, 0.1) is 0 Å². The van der Waals surface area contributed by atoms with Crippen molar-refractivity contribution in [3.8, 4) is 0 Å². The van der Waals surface area contributed by atoms with Crippen LogP contribution >= 0.6 is 12.6 Å². The lowest BCUT2D eigenvalue weighted by molar-refractivity contribution is -0.689. The minimum atomic E-state index is 0.450. The van der Waals surface area contributed by atoms with Gasteiger partial charge in [-0.15, -0.1) is 0 Å². The van der Waals surface area contributed by atoms with E-state index in [2.05, 4.69) is 71.7 Å². The molecule has 1 heterocycles. The predicted molar refractivity (Wildman–Crippen MR) is 86.7 cm³/mol. The second-order valence-electron chi connectivity index (χ2n) is 4.97. The maximum absolute atomic E-state index is 4.38. The van der Waals surface area contributed by atoms with Gasteiger partial charge in [0, 0.05) is 5.56 Å². The summed E-state index contributed by atoms with van der Waals surface area (Å²) in [5.41, 5.74) is 2.29. The van der Waals surface area contributed by atoms with Gasteiger partial charge >= 0.3 is 0 Å². The Kier molecular flexibility index (Phi) is 5.81. The summed E-state index contributed by atoms with van der Waals surface area (Å²) < 4.78 is 2.16. The third-order valence-corrected chi connectivity index (χ3v) is 3.29. The monoisotopic (exact) mass is 285 g/mol. The quantitative estimate of drug-likeness (QED) is 0.634. The molecule has 2 nitrogen and oxygen atoms in total. The summed E-state index contributed by atoms with van der Waals surface area (Å²) in [7, 11) is 0. The molecule has 1 aromatic carbocycles. The normalized spacial score (nSPS) is 12.7. The molecule has 0 aliphatic carbocycles. The van der Waals surface area contributed by atoms with Crippen molar-refractivity contribution in [3.05, 3.63) is 66.3 Å². The Labute approximate surface area is 126 Å². The lowest BCUT2D eigenvalue weighted by atomic mass is 10.2. The average molecular weight is 285 g/mol. The first kappa shape index (κ1) is 14.8. The third-order valence-electron chi connectivity index (χ3n) is 3.03. The lowest BCUT2D eigenvalue weighted by Gasteiger charge is -1.99. The molecule has 1 aromatic heterocycles. The summed E-state index contributed by atoms with van der Waals surface area (Å²) in [6, 6.07) is 10.4. The molecule has 0 saturated heterocycles. The number of rotatable bonds is 6. The van der Waals surface area contributed by atoms with Gasteiger partial charge in [-0.2, -0.15) is 17.2 Å². The summed E-state index contributed by atoms with van der Waals surface area (Å²) in [6.07, 6.45) is 12.3. The van der Waals surface area contributed by atoms with E-state index in [1.807, 2.05) is 18.5 Å². The average Bonchev–Trinajstić information content (AvgIpc) is 2.45. The first-order valence-electron chi connectivity index (χ1n) is 6.97. The number of aromatic nitrogens is 2. The highest BCUT2D eigenvalue weighted by Crippen LogP contribution is 2.05. The van der Waals surface area contributed by atoms with Crippen LogP contribution in [0.15, 0.2) is 55.0 Å². The maximum atomic E-state index is 4.38. The summed E-state index contributed by atoms with van der Waals surface area (Å²) in [5.74, 6) is 0. The van der Waals surface area contributed by atoms with Crippen molar-refractivity contribution in [2.24, 2.45) is 0 Å². The Morgan fingerprint density at radius 1 is 1.30 bits per heavy atom. The first-order valence-corrected chi connectivity index (χ1v) is 7.49. The zero-order valence-electron chi connectivity index (χ0n) is 11.8. The topological polar surface area (TPSA) is 16.8 Å². The van der Waals surface area contributed by atoms with Crippen molar-refractivity contribution < 1.29 is 4.57 Å². The van der Waals surface area contributed by atoms with Crippen LogP contribution in [0.25, 0.3) is 6.08 Å². The van der Waals surface area contributed by atoms with Crippen LogP contribution in [0.5, 0.6) is 0 Å². The number of thiol groups is 1. The predicted octanol–water partition coefficient (Wildman–Crippen LogP) is 3.53. The molecule has 2 rings (SSSR count). The smallest absolute Gasteiger partial charge is 0.194 e. The largest absolute Gasteiger partial charge is 0.244 e. The molecule has 0 bridgehead atoms. The number of benzene rings is 1. The molecule has 1 atom stereocenters. The highest BCUT2D eigenvalue weighted by molar-refractivity contribution is 7.80. The fourth-order valence-corrected chi connectivity index (χ4v) is 2.12. The SMILES string of the molecule is CC(S)CCC=Cc1c[n+](Cc2ccccc2)ccn1. The van der Waals surface area contributed by atoms with Gasteiger partial charge in [0.1, 0.15) is 5.69 Å². The van der Waals surface area contributed by atoms with Crippen LogP contribution in [0.3, 0.4) is 0 Å². The number of nitrogens with zero attached hydrogens (tertiary/aromatic N) is 2. The van der Waals surface area contributed by atoms with Gasteiger partial charge in [-0.05, 0) is 24.2 Å². The van der Waals surface area contributed by atoms with E-state index in [0.717, 1.165) is 25.1 Å². The Balaban J connectivity index is 1.97. The van der Waals surface area contributed by atoms with Gasteiger partial charge in [-0.25, -0.2) is 4.98 Å². The molecular formula is C17H21N2S+. The molecular weight excluding hydrogens is 264 g/mol. The molecule has 104 valence electrons. The van der Waals surface area contributed by atoms with Gasteiger partial charge in [0.05, 0.1) is 6.20 Å². The summed E-state index contributed by atoms with van der Waals surface area (Å²) in [5, 5.41) is 0.450. The van der Waals surface area contributed by atoms with E-state index in [1.165, 1.54) is 5.56 Å². The van der Waals surface area contributed by atoms with E-state index in [9.17, 15) is 0 Å². The summed E-state index contributed by atoms with van der Waals surface area (Å²) in [4.78, 5) is 4.37. The molecule has 0 amide bonds. The molecule has 0 aliphatic heterocycles. The summed E-state index contributed by atoms with van der Waals surface area (Å²) in [6.45, 7) is 2.99. The van der Waals surface area contributed by atoms with Gasteiger partial charge in [0.25, 0.3) is 0 Å². The van der Waals surface area contributed by atoms with E-state index in [1.54, 1.807) is 0 Å². The Morgan fingerprint density at radius 3 is 2.85 bits per heavy atom. The third kappa shape index (κ3) is 5.17. The molecule has 0 radical (unpaired) electrons. The Bertz CT molecular complexity index is 550. The molecule has 0 saturated carbocycles. The van der Waals surface area contributed by atoms with Crippen LogP contribution in [-0.4, -0.2) is 10.2 Å². The van der Waals surface area contributed by atoms with Crippen LogP contribution in [-0.2, 0) is 6.54 Å². The molecule has 0 N–H and O–H groups in total. The van der Waals surface area contributed by atoms with Gasteiger partial charge in [0.15, 0.2) is 18.9 Å². The van der Waals surface area contributed by atoms with Crippen LogP contribution in [0.4, 0.5) is 0 Å². The van der Waals surface area contributed by atoms with Gasteiger partial charge in [0.2, 0.25) is 0 Å². The maximum Gasteiger partial charge on any atom is 0.194 e. The molecule has 0 fully saturated rings. The number of allylic oxidation sites excluding steroid dienone is 1. The first-order chi connectivity index (χ1) is 9.74. The van der Waals surface area contributed by atoms with Gasteiger partial charge in [-0.3, -0.25) is 0 Å². The molecule has 1 unspecified atom stereocenters. The number of hydrogen-bond donors (Lipinski definition) is 1. The van der Waals surface area contributed by atoms with Gasteiger partial charge < -0.3 is 0 Å². The molecule has 3 heteroatoms. The zero-order chi connectivity index (χ0) is 14.2. The fourth-order valence-electron chi connectivity index (χ4n) is 1.97. The van der Waals surface area contributed by atoms with E-state index >= 15 is 0 Å². The van der Waals surface area contributed by atoms with E-state index in [-0.39, 0.29) is 0 Å². The molecule has 0 spiro atoms. The van der Waals surface area contributed by atoms with Crippen molar-refractivity contribution in [1.82, 2.24) is 4.98 Å². The van der Waals surface area contributed by atoms with Crippen molar-refractivity contribution >= 4 is 18.7 Å². The fraction of sp³-hybridized carbons (Fsp3) is 0.294. The van der Waals surface area contributed by atoms with Crippen molar-refractivity contribution in [2.45, 2.75) is 31.6 Å². The lowest BCUT2D eigenvalue weighted by Crippen LogP contribution is -2.33. The van der Waals surface area contributed by atoms with Crippen LogP contribution in [0.1, 0.15) is 31.0 Å². The van der Waals surface area contributed by atoms with Crippen molar-refractivity contribution in [1.29, 1.82) is 0 Å². The van der Waals surface area contributed by atoms with E-state index < -0.39 is 0 Å². The van der Waals surface area contributed by atoms with E-state index in [4.69, 9.17) is 0 Å². The zero-order valence-corrected chi connectivity index (χ0v) is 12.7. The minimum Gasteiger partial charge on any atom is -0.244 e. The highest BCUT2D eigenvalue weighted by Gasteiger charge is 2.03. The van der Waals surface area contributed by atoms with Gasteiger partial charge in [-0.1, -0.05) is 43.3 Å². The Hall–Kier alpha value is -1.61. The number of hydrogen-bond acceptors (Lipinski definition) is 2. The molecule has 0 aliphatic rings. The van der Waals surface area contributed by atoms with Crippen molar-refractivity contribution in [3.63, 3.8) is 0 Å².